The molecule has 2 aromatic rings. The van der Waals surface area contributed by atoms with E-state index in [0.29, 0.717) is 17.5 Å². The number of benzene rings is 1. The maximum Gasteiger partial charge on any atom is 0.319 e. The predicted octanol–water partition coefficient (Wildman–Crippen LogP) is 5.59. The first-order chi connectivity index (χ1) is 14.6. The van der Waals surface area contributed by atoms with Crippen LogP contribution in [0.2, 0.25) is 5.15 Å². The lowest BCUT2D eigenvalue weighted by atomic mass is 10.2. The molecule has 1 aromatic carbocycles. The van der Waals surface area contributed by atoms with Gasteiger partial charge in [-0.1, -0.05) is 36.4 Å². The number of hydrogen-bond donors (Lipinski definition) is 1. The summed E-state index contributed by atoms with van der Waals surface area (Å²) in [5, 5.41) is 10.1. The van der Waals surface area contributed by atoms with Crippen LogP contribution in [0.25, 0.3) is 0 Å². The van der Waals surface area contributed by atoms with Crippen LogP contribution in [0.15, 0.2) is 66.0 Å². The number of nitrogens with zero attached hydrogens (tertiary/aromatic N) is 3. The SMILES string of the molecule is C=C/C=C(\O)CN(Cc1ccc(SC(C)C(=O)OC(C)(C)C)cc1)c1cc(Cl)ncn1. The third kappa shape index (κ3) is 8.63. The molecule has 31 heavy (non-hydrogen) atoms. The van der Waals surface area contributed by atoms with Crippen LogP contribution in [0.3, 0.4) is 0 Å². The topological polar surface area (TPSA) is 75.5 Å². The van der Waals surface area contributed by atoms with Crippen molar-refractivity contribution < 1.29 is 14.6 Å². The summed E-state index contributed by atoms with van der Waals surface area (Å²) in [5.74, 6) is 0.516. The highest BCUT2D eigenvalue weighted by molar-refractivity contribution is 8.00. The van der Waals surface area contributed by atoms with E-state index < -0.39 is 5.60 Å². The van der Waals surface area contributed by atoms with E-state index in [1.165, 1.54) is 30.2 Å². The number of hydrogen-bond acceptors (Lipinski definition) is 7. The second-order valence-electron chi connectivity index (χ2n) is 7.89. The number of rotatable bonds is 9. The molecule has 0 radical (unpaired) electrons. The molecule has 0 aliphatic rings. The largest absolute Gasteiger partial charge is 0.510 e. The van der Waals surface area contributed by atoms with Gasteiger partial charge in [0.15, 0.2) is 0 Å². The lowest BCUT2D eigenvalue weighted by Crippen LogP contribution is -2.28. The Morgan fingerprint density at radius 2 is 2.00 bits per heavy atom. The molecular weight excluding hydrogens is 434 g/mol. The van der Waals surface area contributed by atoms with Gasteiger partial charge in [0, 0.05) is 17.5 Å². The fourth-order valence-electron chi connectivity index (χ4n) is 2.63. The van der Waals surface area contributed by atoms with E-state index >= 15 is 0 Å². The number of carbonyl (C=O) groups excluding carboxylic acids is 1. The molecule has 0 aliphatic heterocycles. The van der Waals surface area contributed by atoms with Crippen LogP contribution in [-0.2, 0) is 16.1 Å². The Bertz CT molecular complexity index is 926. The second-order valence-corrected chi connectivity index (χ2v) is 9.69. The van der Waals surface area contributed by atoms with E-state index in [4.69, 9.17) is 16.3 Å². The molecule has 8 heteroatoms. The van der Waals surface area contributed by atoms with Gasteiger partial charge in [-0.2, -0.15) is 0 Å². The number of halogens is 1. The Hall–Kier alpha value is -2.51. The van der Waals surface area contributed by atoms with Gasteiger partial charge in [0.05, 0.1) is 6.54 Å². The zero-order chi connectivity index (χ0) is 23.0. The molecule has 1 aromatic heterocycles. The second kappa shape index (κ2) is 11.2. The molecule has 1 N–H and O–H groups in total. The van der Waals surface area contributed by atoms with Crippen LogP contribution in [0.4, 0.5) is 5.82 Å². The number of anilines is 1. The summed E-state index contributed by atoms with van der Waals surface area (Å²) in [6.07, 6.45) is 4.45. The van der Waals surface area contributed by atoms with E-state index in [9.17, 15) is 9.90 Å². The van der Waals surface area contributed by atoms with Gasteiger partial charge in [0.25, 0.3) is 0 Å². The van der Waals surface area contributed by atoms with Crippen LogP contribution in [0, 0.1) is 0 Å². The molecule has 0 aliphatic carbocycles. The highest BCUT2D eigenvalue weighted by Gasteiger charge is 2.22. The molecule has 0 amide bonds. The van der Waals surface area contributed by atoms with E-state index in [1.807, 2.05) is 56.9 Å². The van der Waals surface area contributed by atoms with Crippen LogP contribution < -0.4 is 4.90 Å². The molecule has 2 rings (SSSR count). The summed E-state index contributed by atoms with van der Waals surface area (Å²) in [7, 11) is 0. The molecule has 0 bridgehead atoms. The van der Waals surface area contributed by atoms with Crippen LogP contribution >= 0.6 is 23.4 Å². The highest BCUT2D eigenvalue weighted by Crippen LogP contribution is 2.26. The number of esters is 1. The van der Waals surface area contributed by atoms with Crippen molar-refractivity contribution in [2.24, 2.45) is 0 Å². The number of carbonyl (C=O) groups is 1. The maximum absolute atomic E-state index is 12.2. The van der Waals surface area contributed by atoms with Crippen molar-refractivity contribution in [3.8, 4) is 0 Å². The number of allylic oxidation sites excluding steroid dienone is 2. The Labute approximate surface area is 193 Å². The van der Waals surface area contributed by atoms with Crippen LogP contribution in [-0.4, -0.2) is 38.4 Å². The number of aliphatic hydroxyl groups is 1. The zero-order valence-corrected chi connectivity index (χ0v) is 19.8. The molecule has 0 saturated carbocycles. The molecule has 1 unspecified atom stereocenters. The zero-order valence-electron chi connectivity index (χ0n) is 18.2. The first kappa shape index (κ1) is 24.8. The smallest absolute Gasteiger partial charge is 0.319 e. The average Bonchev–Trinajstić information content (AvgIpc) is 2.67. The molecule has 0 spiro atoms. The van der Waals surface area contributed by atoms with Gasteiger partial charge in [-0.15, -0.1) is 11.8 Å². The number of aromatic nitrogens is 2. The summed E-state index contributed by atoms with van der Waals surface area (Å²) in [5.41, 5.74) is 0.504. The van der Waals surface area contributed by atoms with Crippen LogP contribution in [0.1, 0.15) is 33.3 Å². The van der Waals surface area contributed by atoms with Crippen molar-refractivity contribution in [3.63, 3.8) is 0 Å². The van der Waals surface area contributed by atoms with E-state index in [2.05, 4.69) is 16.5 Å². The van der Waals surface area contributed by atoms with Gasteiger partial charge >= 0.3 is 5.97 Å². The Balaban J connectivity index is 2.11. The van der Waals surface area contributed by atoms with Gasteiger partial charge < -0.3 is 14.7 Å². The fraction of sp³-hybridized carbons (Fsp3) is 0.348. The first-order valence-electron chi connectivity index (χ1n) is 9.79. The average molecular weight is 462 g/mol. The van der Waals surface area contributed by atoms with Crippen molar-refractivity contribution in [1.82, 2.24) is 9.97 Å². The van der Waals surface area contributed by atoms with E-state index in [-0.39, 0.29) is 23.5 Å². The molecule has 166 valence electrons. The third-order valence-electron chi connectivity index (χ3n) is 3.95. The lowest BCUT2D eigenvalue weighted by molar-refractivity contribution is -0.153. The van der Waals surface area contributed by atoms with Gasteiger partial charge in [-0.25, -0.2) is 9.97 Å². The summed E-state index contributed by atoms with van der Waals surface area (Å²) in [6, 6.07) is 9.54. The summed E-state index contributed by atoms with van der Waals surface area (Å²) in [4.78, 5) is 23.2. The first-order valence-corrected chi connectivity index (χ1v) is 11.0. The van der Waals surface area contributed by atoms with Crippen molar-refractivity contribution in [1.29, 1.82) is 0 Å². The van der Waals surface area contributed by atoms with Gasteiger partial charge in [-0.3, -0.25) is 4.79 Å². The van der Waals surface area contributed by atoms with Gasteiger partial charge in [-0.05, 0) is 51.5 Å². The normalized spacial score (nSPS) is 12.9. The quantitative estimate of drug-likeness (QED) is 0.171. The monoisotopic (exact) mass is 461 g/mol. The number of ether oxygens (including phenoxy) is 1. The lowest BCUT2D eigenvalue weighted by Gasteiger charge is -2.24. The highest BCUT2D eigenvalue weighted by atomic mass is 35.5. The van der Waals surface area contributed by atoms with Crippen molar-refractivity contribution in [3.05, 3.63) is 71.9 Å². The summed E-state index contributed by atoms with van der Waals surface area (Å²) >= 11 is 7.46. The summed E-state index contributed by atoms with van der Waals surface area (Å²) < 4.78 is 5.44. The standard InChI is InChI=1S/C23H28ClN3O3S/c1-6-7-18(28)14-27(21-12-20(24)25-15-26-21)13-17-8-10-19(11-9-17)31-16(2)22(29)30-23(3,4)5/h6-12,15-16,28H,1,13-14H2,2-5H3/b18-7-. The minimum atomic E-state index is -0.505. The Kier molecular flexibility index (Phi) is 8.95. The molecule has 0 fully saturated rings. The van der Waals surface area contributed by atoms with Gasteiger partial charge in [0.2, 0.25) is 0 Å². The molecule has 1 heterocycles. The fourth-order valence-corrected chi connectivity index (χ4v) is 3.62. The number of thioether (sulfide) groups is 1. The van der Waals surface area contributed by atoms with E-state index in [0.717, 1.165) is 10.5 Å². The van der Waals surface area contributed by atoms with Crippen molar-refractivity contribution in [2.45, 2.75) is 50.0 Å². The van der Waals surface area contributed by atoms with Crippen molar-refractivity contribution >= 4 is 35.1 Å². The molecule has 6 nitrogen and oxygen atoms in total. The molecular formula is C23H28ClN3O3S. The minimum absolute atomic E-state index is 0.156. The maximum atomic E-state index is 12.2. The predicted molar refractivity (Wildman–Crippen MR) is 127 cm³/mol. The minimum Gasteiger partial charge on any atom is -0.510 e. The van der Waals surface area contributed by atoms with E-state index in [1.54, 1.807) is 6.07 Å². The summed E-state index contributed by atoms with van der Waals surface area (Å²) in [6.45, 7) is 11.7. The molecule has 1 atom stereocenters. The Morgan fingerprint density at radius 3 is 2.58 bits per heavy atom. The molecule has 0 saturated heterocycles. The van der Waals surface area contributed by atoms with Gasteiger partial charge in [0.1, 0.15) is 33.9 Å². The Morgan fingerprint density at radius 1 is 1.32 bits per heavy atom. The van der Waals surface area contributed by atoms with Crippen LogP contribution in [0.5, 0.6) is 0 Å². The number of aliphatic hydroxyl groups excluding tert-OH is 1. The third-order valence-corrected chi connectivity index (χ3v) is 5.25. The van der Waals surface area contributed by atoms with Crippen molar-refractivity contribution in [2.75, 3.05) is 11.4 Å².